The zero-order valence-corrected chi connectivity index (χ0v) is 10.4. The van der Waals surface area contributed by atoms with Crippen molar-refractivity contribution in [1.29, 1.82) is 0 Å². The molecule has 1 aliphatic rings. The van der Waals surface area contributed by atoms with Gasteiger partial charge in [0, 0.05) is 6.08 Å². The fraction of sp³-hybridized carbons (Fsp3) is 0.222. The smallest absolute Gasteiger partial charge is 0.331 e. The second-order valence-corrected chi connectivity index (χ2v) is 4.01. The van der Waals surface area contributed by atoms with Crippen molar-refractivity contribution in [3.63, 3.8) is 0 Å². The number of carbonyl (C=O) groups excluding carboxylic acids is 2. The minimum Gasteiger partial charge on any atom is -0.466 e. The predicted molar refractivity (Wildman–Crippen MR) is 66.7 cm³/mol. The molecule has 0 saturated carbocycles. The highest BCUT2D eigenvalue weighted by Gasteiger charge is 2.24. The van der Waals surface area contributed by atoms with Crippen molar-refractivity contribution < 1.29 is 19.5 Å². The van der Waals surface area contributed by atoms with Gasteiger partial charge in [0.2, 0.25) is 0 Å². The second kappa shape index (κ2) is 6.55. The first-order valence-electron chi connectivity index (χ1n) is 4.65. The number of thioether (sulfide) groups is 1. The first-order chi connectivity index (χ1) is 8.56. The average molecular weight is 270 g/mol. The Hall–Kier alpha value is -2.16. The van der Waals surface area contributed by atoms with Gasteiger partial charge in [-0.05, 0) is 18.7 Å². The van der Waals surface area contributed by atoms with Crippen LogP contribution in [0.4, 0.5) is 0 Å². The molecule has 1 aliphatic heterocycles. The van der Waals surface area contributed by atoms with Crippen molar-refractivity contribution in [2.45, 2.75) is 6.92 Å². The third-order valence-electron chi connectivity index (χ3n) is 1.64. The molecule has 0 aromatic heterocycles. The lowest BCUT2D eigenvalue weighted by Crippen LogP contribution is -2.19. The van der Waals surface area contributed by atoms with Crippen molar-refractivity contribution >= 4 is 40.7 Å². The summed E-state index contributed by atoms with van der Waals surface area (Å²) >= 11 is 0.958. The predicted octanol–water partition coefficient (Wildman–Crippen LogP) is 0.0982. The van der Waals surface area contributed by atoms with E-state index in [0.29, 0.717) is 5.71 Å². The Kier molecular flexibility index (Phi) is 5.06. The average Bonchev–Trinajstić information content (AvgIpc) is 2.68. The van der Waals surface area contributed by atoms with E-state index in [1.807, 2.05) is 0 Å². The van der Waals surface area contributed by atoms with E-state index in [2.05, 4.69) is 25.4 Å². The molecule has 0 aromatic carbocycles. The normalized spacial score (nSPS) is 20.8. The lowest BCUT2D eigenvalue weighted by atomic mass is 10.4. The Morgan fingerprint density at radius 2 is 2.28 bits per heavy atom. The van der Waals surface area contributed by atoms with Gasteiger partial charge in [-0.25, -0.2) is 4.79 Å². The first kappa shape index (κ1) is 13.9. The Morgan fingerprint density at radius 1 is 1.56 bits per heavy atom. The summed E-state index contributed by atoms with van der Waals surface area (Å²) in [5.41, 5.74) is 0.352. The number of oxime groups is 1. The van der Waals surface area contributed by atoms with Crippen LogP contribution in [-0.4, -0.2) is 41.3 Å². The number of hydrogen-bond donors (Lipinski definition) is 2. The number of amidine groups is 1. The van der Waals surface area contributed by atoms with Gasteiger partial charge in [0.15, 0.2) is 5.17 Å². The number of methoxy groups -OCH3 is 1. The molecule has 1 amide bonds. The monoisotopic (exact) mass is 270 g/mol. The quantitative estimate of drug-likeness (QED) is 0.248. The van der Waals surface area contributed by atoms with Crippen molar-refractivity contribution in [3.8, 4) is 0 Å². The molecule has 0 unspecified atom stereocenters. The highest BCUT2D eigenvalue weighted by atomic mass is 32.2. The number of ether oxygens (including phenoxy) is 1. The summed E-state index contributed by atoms with van der Waals surface area (Å²) in [6, 6.07) is 0. The van der Waals surface area contributed by atoms with E-state index in [9.17, 15) is 9.59 Å². The number of carbonyl (C=O) groups is 2. The number of amides is 1. The van der Waals surface area contributed by atoms with Gasteiger partial charge >= 0.3 is 5.97 Å². The fourth-order valence-electron chi connectivity index (χ4n) is 0.875. The molecule has 1 rings (SSSR count). The molecule has 0 atom stereocenters. The Balaban J connectivity index is 2.78. The van der Waals surface area contributed by atoms with Crippen LogP contribution in [-0.2, 0) is 14.3 Å². The van der Waals surface area contributed by atoms with E-state index in [0.717, 1.165) is 24.1 Å². The maximum absolute atomic E-state index is 11.4. The van der Waals surface area contributed by atoms with Crippen LogP contribution in [0.2, 0.25) is 0 Å². The molecule has 0 radical (unpaired) electrons. The molecular formula is C9H10N4O4S. The topological polar surface area (TPSA) is 113 Å². The van der Waals surface area contributed by atoms with Crippen LogP contribution in [0.25, 0.3) is 0 Å². The molecule has 0 spiro atoms. The van der Waals surface area contributed by atoms with Crippen LogP contribution >= 0.6 is 11.8 Å². The molecule has 1 fully saturated rings. The Morgan fingerprint density at radius 3 is 2.89 bits per heavy atom. The van der Waals surface area contributed by atoms with Gasteiger partial charge in [0.1, 0.15) is 0 Å². The van der Waals surface area contributed by atoms with Crippen molar-refractivity contribution in [2.24, 2.45) is 15.4 Å². The molecule has 8 nitrogen and oxygen atoms in total. The van der Waals surface area contributed by atoms with Gasteiger partial charge in [0.25, 0.3) is 5.91 Å². The maximum Gasteiger partial charge on any atom is 0.331 e. The van der Waals surface area contributed by atoms with Crippen LogP contribution in [0.3, 0.4) is 0 Å². The van der Waals surface area contributed by atoms with Gasteiger partial charge in [-0.3, -0.25) is 10.1 Å². The number of nitrogens with zero attached hydrogens (tertiary/aromatic N) is 3. The standard InChI is InChI=1S/C9H10N4O4S/c1-5(4-10-16)12-13-9-11-8(15)6(18-9)3-7(14)17-2/h3-4,16H,1-2H3,(H,11,13,15)/b6-3+,10-4+,12-5-. The van der Waals surface area contributed by atoms with Crippen LogP contribution in [0.5, 0.6) is 0 Å². The largest absolute Gasteiger partial charge is 0.466 e. The van der Waals surface area contributed by atoms with Gasteiger partial charge in [-0.1, -0.05) is 5.16 Å². The molecule has 96 valence electrons. The van der Waals surface area contributed by atoms with Crippen LogP contribution in [0.1, 0.15) is 6.92 Å². The minimum absolute atomic E-state index is 0.171. The van der Waals surface area contributed by atoms with E-state index < -0.39 is 11.9 Å². The molecule has 0 bridgehead atoms. The van der Waals surface area contributed by atoms with Crippen molar-refractivity contribution in [2.75, 3.05) is 7.11 Å². The molecule has 18 heavy (non-hydrogen) atoms. The lowest BCUT2D eigenvalue weighted by Gasteiger charge is -1.90. The van der Waals surface area contributed by atoms with Gasteiger partial charge < -0.3 is 9.94 Å². The number of hydrogen-bond acceptors (Lipinski definition) is 8. The molecule has 0 aliphatic carbocycles. The van der Waals surface area contributed by atoms with E-state index in [-0.39, 0.29) is 10.1 Å². The summed E-state index contributed by atoms with van der Waals surface area (Å²) in [7, 11) is 1.22. The molecule has 2 N–H and O–H groups in total. The summed E-state index contributed by atoms with van der Waals surface area (Å²) in [5.74, 6) is -1.08. The zero-order chi connectivity index (χ0) is 13.5. The van der Waals surface area contributed by atoms with Gasteiger partial charge in [0.05, 0.1) is 23.9 Å². The van der Waals surface area contributed by atoms with E-state index in [1.54, 1.807) is 6.92 Å². The summed E-state index contributed by atoms with van der Waals surface area (Å²) in [6.45, 7) is 1.57. The van der Waals surface area contributed by atoms with Crippen LogP contribution < -0.4 is 5.32 Å². The molecule has 1 saturated heterocycles. The van der Waals surface area contributed by atoms with Crippen LogP contribution in [0, 0.1) is 0 Å². The fourth-order valence-corrected chi connectivity index (χ4v) is 1.61. The third kappa shape index (κ3) is 4.01. The summed E-state index contributed by atoms with van der Waals surface area (Å²) in [5, 5.41) is 21.0. The molecule has 1 heterocycles. The van der Waals surface area contributed by atoms with E-state index >= 15 is 0 Å². The zero-order valence-electron chi connectivity index (χ0n) is 9.58. The summed E-state index contributed by atoms with van der Waals surface area (Å²) in [4.78, 5) is 22.5. The Bertz CT molecular complexity index is 481. The maximum atomic E-state index is 11.4. The second-order valence-electron chi connectivity index (χ2n) is 2.98. The molecule has 9 heteroatoms. The SMILES string of the molecule is COC(=O)/C=C1/S/C(=N/N=C(C)\C=N\O)NC1=O. The molecular weight excluding hydrogens is 260 g/mol. The van der Waals surface area contributed by atoms with Crippen LogP contribution in [0.15, 0.2) is 26.3 Å². The minimum atomic E-state index is -0.624. The Labute approximate surface area is 106 Å². The number of esters is 1. The number of rotatable bonds is 3. The van der Waals surface area contributed by atoms with Crippen molar-refractivity contribution in [1.82, 2.24) is 5.32 Å². The first-order valence-corrected chi connectivity index (χ1v) is 5.47. The highest BCUT2D eigenvalue weighted by molar-refractivity contribution is 8.18. The summed E-state index contributed by atoms with van der Waals surface area (Å²) in [6.07, 6.45) is 2.16. The lowest BCUT2D eigenvalue weighted by molar-refractivity contribution is -0.135. The third-order valence-corrected chi connectivity index (χ3v) is 2.54. The van der Waals surface area contributed by atoms with Gasteiger partial charge in [-0.15, -0.1) is 5.10 Å². The molecule has 0 aromatic rings. The summed E-state index contributed by atoms with van der Waals surface area (Å²) < 4.78 is 4.40. The van der Waals surface area contributed by atoms with E-state index in [4.69, 9.17) is 5.21 Å². The van der Waals surface area contributed by atoms with Gasteiger partial charge in [-0.2, -0.15) is 5.10 Å². The number of nitrogens with one attached hydrogen (secondary N) is 1. The highest BCUT2D eigenvalue weighted by Crippen LogP contribution is 2.23. The van der Waals surface area contributed by atoms with Crippen molar-refractivity contribution in [3.05, 3.63) is 11.0 Å². The van der Waals surface area contributed by atoms with E-state index in [1.165, 1.54) is 7.11 Å².